The van der Waals surface area contributed by atoms with E-state index in [2.05, 4.69) is 42.2 Å². The average Bonchev–Trinajstić information content (AvgIpc) is 3.12. The average molecular weight is 617 g/mol. The van der Waals surface area contributed by atoms with Crippen molar-refractivity contribution < 1.29 is 23.7 Å². The maximum absolute atomic E-state index is 13.0. The molecule has 11 heteroatoms. The van der Waals surface area contributed by atoms with E-state index in [9.17, 15) is 4.79 Å². The maximum atomic E-state index is 13.0. The summed E-state index contributed by atoms with van der Waals surface area (Å²) in [4.78, 5) is 24.4. The highest BCUT2D eigenvalue weighted by molar-refractivity contribution is 6.04. The van der Waals surface area contributed by atoms with E-state index in [0.29, 0.717) is 60.3 Å². The standard InChI is InChI=1S/C34H44N6O5/c1-8-21(2)16-33(35)18-37-26-15-30(28(43-7)13-24(26)31(41)39-33)45-11-9-10-44-29-14-25-23(12-27(29)42-6)22(3)40-20-32(4,5)17-34(40,36)19-38-25/h12-15,18-19H,2-3,8-11,16-17,20,35-36H2,1,4-7H3,(H,39,41)/t33-,34-/m0/s1. The summed E-state index contributed by atoms with van der Waals surface area (Å²) in [5.41, 5.74) is 15.5. The number of benzene rings is 2. The van der Waals surface area contributed by atoms with Gasteiger partial charge in [-0.05, 0) is 30.4 Å². The first-order valence-electron chi connectivity index (χ1n) is 15.1. The maximum Gasteiger partial charge on any atom is 0.255 e. The van der Waals surface area contributed by atoms with Crippen LogP contribution in [0, 0.1) is 5.41 Å². The Morgan fingerprint density at radius 2 is 1.53 bits per heavy atom. The van der Waals surface area contributed by atoms with Crippen LogP contribution in [-0.2, 0) is 0 Å². The molecule has 2 aromatic rings. The second kappa shape index (κ2) is 12.2. The van der Waals surface area contributed by atoms with Crippen LogP contribution in [-0.4, -0.2) is 68.5 Å². The molecule has 0 bridgehead atoms. The van der Waals surface area contributed by atoms with Gasteiger partial charge in [0.15, 0.2) is 23.0 Å². The summed E-state index contributed by atoms with van der Waals surface area (Å²) >= 11 is 0. The molecule has 1 fully saturated rings. The third-order valence-corrected chi connectivity index (χ3v) is 8.35. The number of carbonyl (C=O) groups is 1. The molecule has 0 saturated carbocycles. The van der Waals surface area contributed by atoms with Crippen LogP contribution < -0.4 is 35.7 Å². The zero-order valence-corrected chi connectivity index (χ0v) is 26.9. The number of fused-ring (bicyclic) bond motifs is 3. The number of carbonyl (C=O) groups excluding carboxylic acids is 1. The Morgan fingerprint density at radius 3 is 2.13 bits per heavy atom. The van der Waals surface area contributed by atoms with E-state index < -0.39 is 11.3 Å². The summed E-state index contributed by atoms with van der Waals surface area (Å²) in [5.74, 6) is 1.67. The van der Waals surface area contributed by atoms with Gasteiger partial charge in [-0.15, -0.1) is 0 Å². The molecule has 5 rings (SSSR count). The van der Waals surface area contributed by atoms with E-state index in [0.717, 1.165) is 41.9 Å². The Bertz CT molecular complexity index is 1580. The zero-order valence-electron chi connectivity index (χ0n) is 26.9. The van der Waals surface area contributed by atoms with Gasteiger partial charge >= 0.3 is 0 Å². The van der Waals surface area contributed by atoms with Crippen LogP contribution in [0.2, 0.25) is 0 Å². The monoisotopic (exact) mass is 616 g/mol. The Kier molecular flexibility index (Phi) is 8.70. The van der Waals surface area contributed by atoms with Gasteiger partial charge in [-0.25, -0.2) is 0 Å². The number of hydrogen-bond donors (Lipinski definition) is 3. The molecular weight excluding hydrogens is 572 g/mol. The normalized spacial score (nSPS) is 22.9. The zero-order chi connectivity index (χ0) is 32.6. The van der Waals surface area contributed by atoms with Crippen LogP contribution in [0.4, 0.5) is 11.4 Å². The van der Waals surface area contributed by atoms with Crippen molar-refractivity contribution in [2.75, 3.05) is 34.0 Å². The number of hydrogen-bond acceptors (Lipinski definition) is 10. The number of amides is 1. The first kappa shape index (κ1) is 32.1. The molecule has 3 heterocycles. The van der Waals surface area contributed by atoms with E-state index in [-0.39, 0.29) is 11.3 Å². The molecule has 3 aliphatic rings. The third-order valence-electron chi connectivity index (χ3n) is 8.35. The lowest BCUT2D eigenvalue weighted by atomic mass is 9.89. The summed E-state index contributed by atoms with van der Waals surface area (Å²) in [7, 11) is 3.13. The van der Waals surface area contributed by atoms with E-state index >= 15 is 0 Å². The van der Waals surface area contributed by atoms with Crippen molar-refractivity contribution in [3.63, 3.8) is 0 Å². The molecule has 240 valence electrons. The number of nitrogens with two attached hydrogens (primary N) is 2. The lowest BCUT2D eigenvalue weighted by molar-refractivity contribution is 0.0927. The molecule has 0 spiro atoms. The van der Waals surface area contributed by atoms with Crippen LogP contribution in [0.1, 0.15) is 62.4 Å². The smallest absolute Gasteiger partial charge is 0.255 e. The second-order valence-corrected chi connectivity index (χ2v) is 12.7. The van der Waals surface area contributed by atoms with Crippen molar-refractivity contribution in [2.24, 2.45) is 26.9 Å². The van der Waals surface area contributed by atoms with Gasteiger partial charge in [-0.3, -0.25) is 14.8 Å². The molecule has 1 amide bonds. The molecule has 45 heavy (non-hydrogen) atoms. The number of ether oxygens (including phenoxy) is 4. The molecule has 0 aromatic heterocycles. The lowest BCUT2D eigenvalue weighted by Gasteiger charge is -2.33. The molecule has 5 N–H and O–H groups in total. The molecule has 0 unspecified atom stereocenters. The summed E-state index contributed by atoms with van der Waals surface area (Å²) in [5, 5.41) is 2.86. The summed E-state index contributed by atoms with van der Waals surface area (Å²) < 4.78 is 23.4. The molecule has 1 saturated heterocycles. The van der Waals surface area contributed by atoms with Crippen molar-refractivity contribution in [1.82, 2.24) is 10.2 Å². The molecule has 2 atom stereocenters. The van der Waals surface area contributed by atoms with Crippen molar-refractivity contribution in [1.29, 1.82) is 0 Å². The van der Waals surface area contributed by atoms with Gasteiger partial charge in [0.2, 0.25) is 0 Å². The topological polar surface area (TPSA) is 146 Å². The van der Waals surface area contributed by atoms with E-state index in [1.54, 1.807) is 25.5 Å². The van der Waals surface area contributed by atoms with Crippen molar-refractivity contribution >= 4 is 35.4 Å². The third kappa shape index (κ3) is 6.55. The highest BCUT2D eigenvalue weighted by Crippen LogP contribution is 2.47. The minimum atomic E-state index is -1.14. The number of methoxy groups -OCH3 is 2. The summed E-state index contributed by atoms with van der Waals surface area (Å²) in [6, 6.07) is 7.06. The molecule has 2 aromatic carbocycles. The SMILES string of the molecule is C=C(CC)C[C@@]1(N)C=Nc2cc(OCCCOc3cc4c(cc3OC)C(=C)N3CC(C)(C)C[C@@]3(N)C=N4)c(OC)cc2C(=O)N1. The number of aliphatic imine (C=N–C) groups is 2. The highest BCUT2D eigenvalue weighted by Gasteiger charge is 2.47. The predicted octanol–water partition coefficient (Wildman–Crippen LogP) is 5.08. The molecule has 3 aliphatic heterocycles. The predicted molar refractivity (Wildman–Crippen MR) is 177 cm³/mol. The first-order valence-corrected chi connectivity index (χ1v) is 15.1. The Labute approximate surface area is 265 Å². The van der Waals surface area contributed by atoms with E-state index in [1.807, 2.05) is 25.3 Å². The van der Waals surface area contributed by atoms with Crippen molar-refractivity contribution in [3.8, 4) is 23.0 Å². The second-order valence-electron chi connectivity index (χ2n) is 12.7. The van der Waals surface area contributed by atoms with Crippen LogP contribution in [0.5, 0.6) is 23.0 Å². The van der Waals surface area contributed by atoms with E-state index in [1.165, 1.54) is 7.11 Å². The summed E-state index contributed by atoms with van der Waals surface area (Å²) in [6.45, 7) is 16.2. The van der Waals surface area contributed by atoms with Gasteiger partial charge < -0.3 is 40.6 Å². The number of rotatable bonds is 11. The van der Waals surface area contributed by atoms with Crippen LogP contribution in [0.25, 0.3) is 5.70 Å². The van der Waals surface area contributed by atoms with E-state index in [4.69, 9.17) is 35.4 Å². The minimum Gasteiger partial charge on any atom is -0.493 e. The van der Waals surface area contributed by atoms with Crippen LogP contribution >= 0.6 is 0 Å². The van der Waals surface area contributed by atoms with Crippen LogP contribution in [0.3, 0.4) is 0 Å². The molecule has 0 aliphatic carbocycles. The van der Waals surface area contributed by atoms with Gasteiger partial charge in [0, 0.05) is 55.2 Å². The highest BCUT2D eigenvalue weighted by atomic mass is 16.5. The molecule has 0 radical (unpaired) electrons. The number of nitrogens with one attached hydrogen (secondary N) is 1. The van der Waals surface area contributed by atoms with Gasteiger partial charge in [0.25, 0.3) is 5.91 Å². The minimum absolute atomic E-state index is 0.0429. The Balaban J connectivity index is 1.25. The number of nitrogens with zero attached hydrogens (tertiary/aromatic N) is 3. The Hall–Kier alpha value is -4.35. The first-order chi connectivity index (χ1) is 21.3. The van der Waals surface area contributed by atoms with Gasteiger partial charge in [0.1, 0.15) is 11.3 Å². The fraction of sp³-hybridized carbons (Fsp3) is 0.441. The largest absolute Gasteiger partial charge is 0.493 e. The van der Waals surface area contributed by atoms with Gasteiger partial charge in [-0.1, -0.05) is 39.5 Å². The molecular formula is C34H44N6O5. The quantitative estimate of drug-likeness (QED) is 0.234. The van der Waals surface area contributed by atoms with Crippen molar-refractivity contribution in [2.45, 2.75) is 57.8 Å². The van der Waals surface area contributed by atoms with Gasteiger partial charge in [0.05, 0.1) is 44.4 Å². The fourth-order valence-electron chi connectivity index (χ4n) is 6.10. The molecule has 11 nitrogen and oxygen atoms in total. The summed E-state index contributed by atoms with van der Waals surface area (Å²) in [6.07, 6.45) is 5.83. The fourth-order valence-corrected chi connectivity index (χ4v) is 6.10. The Morgan fingerprint density at radius 1 is 0.956 bits per heavy atom. The van der Waals surface area contributed by atoms with Crippen LogP contribution in [0.15, 0.2) is 53.0 Å². The van der Waals surface area contributed by atoms with Crippen molar-refractivity contribution in [3.05, 3.63) is 54.1 Å². The lowest BCUT2D eigenvalue weighted by Crippen LogP contribution is -2.56. The van der Waals surface area contributed by atoms with Gasteiger partial charge in [-0.2, -0.15) is 0 Å².